The van der Waals surface area contributed by atoms with E-state index in [0.717, 1.165) is 47.3 Å². The zero-order valence-electron chi connectivity index (χ0n) is 16.4. The van der Waals surface area contributed by atoms with Gasteiger partial charge >= 0.3 is 6.03 Å². The molecule has 8 nitrogen and oxygen atoms in total. The number of aromatic nitrogens is 5. The average molecular weight is 379 g/mol. The first kappa shape index (κ1) is 18.2. The predicted octanol–water partition coefficient (Wildman–Crippen LogP) is 3.33. The number of hydrogen-bond donors (Lipinski definition) is 2. The summed E-state index contributed by atoms with van der Waals surface area (Å²) in [7, 11) is 0. The molecule has 1 fully saturated rings. The summed E-state index contributed by atoms with van der Waals surface area (Å²) in [6, 6.07) is 9.68. The van der Waals surface area contributed by atoms with Crippen molar-refractivity contribution in [1.29, 1.82) is 0 Å². The molecule has 1 aliphatic heterocycles. The number of H-pyrrole nitrogens is 1. The number of nitrogens with one attached hydrogen (secondary N) is 2. The highest BCUT2D eigenvalue weighted by Crippen LogP contribution is 2.27. The van der Waals surface area contributed by atoms with E-state index in [1.165, 1.54) is 0 Å². The van der Waals surface area contributed by atoms with Crippen LogP contribution < -0.4 is 5.32 Å². The molecule has 0 unspecified atom stereocenters. The fourth-order valence-electron chi connectivity index (χ4n) is 3.71. The van der Waals surface area contributed by atoms with Crippen molar-refractivity contribution in [3.05, 3.63) is 53.4 Å². The molecule has 1 aromatic carbocycles. The third-order valence-electron chi connectivity index (χ3n) is 5.15. The first-order valence-electron chi connectivity index (χ1n) is 9.59. The molecule has 0 bridgehead atoms. The molecule has 3 heterocycles. The molecule has 28 heavy (non-hydrogen) atoms. The lowest BCUT2D eigenvalue weighted by atomic mass is 9.96. The van der Waals surface area contributed by atoms with E-state index < -0.39 is 0 Å². The molecule has 0 saturated carbocycles. The molecule has 0 aliphatic carbocycles. The van der Waals surface area contributed by atoms with Crippen LogP contribution in [-0.2, 0) is 0 Å². The third-order valence-corrected chi connectivity index (χ3v) is 5.15. The number of amides is 2. The van der Waals surface area contributed by atoms with Crippen molar-refractivity contribution in [2.24, 2.45) is 0 Å². The van der Waals surface area contributed by atoms with E-state index in [-0.39, 0.29) is 6.03 Å². The zero-order valence-corrected chi connectivity index (χ0v) is 16.4. The Kier molecular flexibility index (Phi) is 4.85. The first-order valence-corrected chi connectivity index (χ1v) is 9.59. The summed E-state index contributed by atoms with van der Waals surface area (Å²) in [5.41, 5.74) is 3.60. The molecule has 8 heteroatoms. The Morgan fingerprint density at radius 3 is 2.57 bits per heavy atom. The van der Waals surface area contributed by atoms with Crippen molar-refractivity contribution < 1.29 is 4.79 Å². The minimum Gasteiger partial charge on any atom is -0.324 e. The second-order valence-electron chi connectivity index (χ2n) is 7.33. The van der Waals surface area contributed by atoms with Gasteiger partial charge in [-0.1, -0.05) is 12.1 Å². The van der Waals surface area contributed by atoms with Gasteiger partial charge in [-0.05, 0) is 51.8 Å². The van der Waals surface area contributed by atoms with Gasteiger partial charge in [0.25, 0.3) is 0 Å². The topological polar surface area (TPSA) is 91.7 Å². The van der Waals surface area contributed by atoms with Gasteiger partial charge in [0.15, 0.2) is 5.82 Å². The van der Waals surface area contributed by atoms with Gasteiger partial charge in [-0.15, -0.1) is 0 Å². The molecule has 0 spiro atoms. The average Bonchev–Trinajstić information content (AvgIpc) is 3.27. The van der Waals surface area contributed by atoms with Crippen LogP contribution in [0.3, 0.4) is 0 Å². The molecule has 2 amide bonds. The third kappa shape index (κ3) is 3.62. The van der Waals surface area contributed by atoms with E-state index in [9.17, 15) is 4.79 Å². The minimum absolute atomic E-state index is 0.0846. The number of piperidine rings is 1. The SMILES string of the molecule is Cc1cc(C)n(-c2ccccc2NC(=O)N2CCC(c3n[nH]c(C)n3)CC2)n1. The maximum absolute atomic E-state index is 12.8. The monoisotopic (exact) mass is 379 g/mol. The van der Waals surface area contributed by atoms with Gasteiger partial charge in [-0.3, -0.25) is 5.10 Å². The quantitative estimate of drug-likeness (QED) is 0.730. The molecule has 1 saturated heterocycles. The minimum atomic E-state index is -0.0846. The van der Waals surface area contributed by atoms with Crippen LogP contribution >= 0.6 is 0 Å². The maximum atomic E-state index is 12.8. The molecular weight excluding hydrogens is 354 g/mol. The lowest BCUT2D eigenvalue weighted by Crippen LogP contribution is -2.40. The summed E-state index contributed by atoms with van der Waals surface area (Å²) in [6.45, 7) is 7.25. The van der Waals surface area contributed by atoms with Gasteiger partial charge in [0.05, 0.1) is 17.1 Å². The van der Waals surface area contributed by atoms with Crippen LogP contribution in [0.2, 0.25) is 0 Å². The lowest BCUT2D eigenvalue weighted by Gasteiger charge is -2.31. The number of para-hydroxylation sites is 2. The van der Waals surface area contributed by atoms with Crippen LogP contribution in [0.25, 0.3) is 5.69 Å². The number of carbonyl (C=O) groups excluding carboxylic acids is 1. The maximum Gasteiger partial charge on any atom is 0.321 e. The van der Waals surface area contributed by atoms with E-state index in [1.54, 1.807) is 0 Å². The van der Waals surface area contributed by atoms with Crippen molar-refractivity contribution in [3.63, 3.8) is 0 Å². The fraction of sp³-hybridized carbons (Fsp3) is 0.400. The number of carbonyl (C=O) groups is 1. The number of nitrogens with zero attached hydrogens (tertiary/aromatic N) is 5. The van der Waals surface area contributed by atoms with E-state index in [0.29, 0.717) is 19.0 Å². The summed E-state index contributed by atoms with van der Waals surface area (Å²) >= 11 is 0. The standard InChI is InChI=1S/C20H25N7O/c1-13-12-14(2)27(25-13)18-7-5-4-6-17(18)22-20(28)26-10-8-16(9-11-26)19-21-15(3)23-24-19/h4-7,12,16H,8-11H2,1-3H3,(H,22,28)(H,21,23,24). The van der Waals surface area contributed by atoms with E-state index in [4.69, 9.17) is 0 Å². The molecule has 3 aromatic rings. The highest BCUT2D eigenvalue weighted by atomic mass is 16.2. The molecule has 0 atom stereocenters. The van der Waals surface area contributed by atoms with Gasteiger partial charge in [-0.25, -0.2) is 14.5 Å². The Bertz CT molecular complexity index is 982. The lowest BCUT2D eigenvalue weighted by molar-refractivity contribution is 0.193. The first-order chi connectivity index (χ1) is 13.5. The zero-order chi connectivity index (χ0) is 19.7. The Morgan fingerprint density at radius 1 is 1.18 bits per heavy atom. The summed E-state index contributed by atoms with van der Waals surface area (Å²) < 4.78 is 1.86. The predicted molar refractivity (Wildman–Crippen MR) is 107 cm³/mol. The smallest absolute Gasteiger partial charge is 0.321 e. The van der Waals surface area contributed by atoms with Gasteiger partial charge in [0.1, 0.15) is 5.82 Å². The van der Waals surface area contributed by atoms with Crippen molar-refractivity contribution in [2.45, 2.75) is 39.5 Å². The van der Waals surface area contributed by atoms with Gasteiger partial charge in [0, 0.05) is 24.7 Å². The van der Waals surface area contributed by atoms with Gasteiger partial charge in [0.2, 0.25) is 0 Å². The van der Waals surface area contributed by atoms with Crippen LogP contribution in [0.1, 0.15) is 41.8 Å². The molecular formula is C20H25N7O. The molecule has 146 valence electrons. The summed E-state index contributed by atoms with van der Waals surface area (Å²) in [5.74, 6) is 1.99. The highest BCUT2D eigenvalue weighted by molar-refractivity contribution is 5.91. The van der Waals surface area contributed by atoms with Crippen molar-refractivity contribution in [2.75, 3.05) is 18.4 Å². The Labute approximate surface area is 164 Å². The van der Waals surface area contributed by atoms with Crippen molar-refractivity contribution in [1.82, 2.24) is 29.9 Å². The molecule has 2 N–H and O–H groups in total. The number of likely N-dealkylation sites (tertiary alicyclic amines) is 1. The number of anilines is 1. The fourth-order valence-corrected chi connectivity index (χ4v) is 3.71. The summed E-state index contributed by atoms with van der Waals surface area (Å²) in [6.07, 6.45) is 1.73. The summed E-state index contributed by atoms with van der Waals surface area (Å²) in [4.78, 5) is 19.1. The second-order valence-corrected chi connectivity index (χ2v) is 7.33. The number of hydrogen-bond acceptors (Lipinski definition) is 4. The van der Waals surface area contributed by atoms with Crippen LogP contribution in [0, 0.1) is 20.8 Å². The number of urea groups is 1. The number of aromatic amines is 1. The van der Waals surface area contributed by atoms with E-state index in [1.807, 2.05) is 60.7 Å². The van der Waals surface area contributed by atoms with Crippen LogP contribution in [0.15, 0.2) is 30.3 Å². The normalized spacial score (nSPS) is 15.0. The Balaban J connectivity index is 1.44. The summed E-state index contributed by atoms with van der Waals surface area (Å²) in [5, 5.41) is 14.8. The van der Waals surface area contributed by atoms with Crippen molar-refractivity contribution >= 4 is 11.7 Å². The number of aryl methyl sites for hydroxylation is 3. The number of rotatable bonds is 3. The van der Waals surface area contributed by atoms with Gasteiger partial charge < -0.3 is 10.2 Å². The Morgan fingerprint density at radius 2 is 1.93 bits per heavy atom. The molecule has 4 rings (SSSR count). The van der Waals surface area contributed by atoms with Crippen LogP contribution in [-0.4, -0.2) is 49.0 Å². The largest absolute Gasteiger partial charge is 0.324 e. The van der Waals surface area contributed by atoms with Crippen molar-refractivity contribution in [3.8, 4) is 5.69 Å². The van der Waals surface area contributed by atoms with E-state index >= 15 is 0 Å². The molecule has 2 aromatic heterocycles. The number of benzene rings is 1. The van der Waals surface area contributed by atoms with Gasteiger partial charge in [-0.2, -0.15) is 10.2 Å². The highest BCUT2D eigenvalue weighted by Gasteiger charge is 2.26. The van der Waals surface area contributed by atoms with E-state index in [2.05, 4.69) is 25.6 Å². The molecule has 1 aliphatic rings. The van der Waals surface area contributed by atoms with Crippen LogP contribution in [0.4, 0.5) is 10.5 Å². The molecule has 0 radical (unpaired) electrons. The Hall–Kier alpha value is -3.16. The van der Waals surface area contributed by atoms with Crippen LogP contribution in [0.5, 0.6) is 0 Å². The second kappa shape index (κ2) is 7.46.